The monoisotopic (exact) mass is 318 g/mol. The minimum Gasteiger partial charge on any atom is -0.497 e. The molecule has 1 atom stereocenters. The van der Waals surface area contributed by atoms with Crippen LogP contribution in [0.4, 0.5) is 0 Å². The maximum Gasteiger partial charge on any atom is 0.271 e. The Balaban J connectivity index is 2.12. The first-order valence-electron chi connectivity index (χ1n) is 7.51. The SMILES string of the molecule is CCCCC(NC(=O)c1csc(C)n1)c1ccc(OC)cc1. The molecule has 0 fully saturated rings. The number of rotatable bonds is 7. The fourth-order valence-corrected chi connectivity index (χ4v) is 2.86. The summed E-state index contributed by atoms with van der Waals surface area (Å²) in [5, 5.41) is 5.80. The summed E-state index contributed by atoms with van der Waals surface area (Å²) in [4.78, 5) is 16.6. The molecule has 1 unspecified atom stereocenters. The van der Waals surface area contributed by atoms with Gasteiger partial charge in [-0.25, -0.2) is 4.98 Å². The fraction of sp³-hybridized carbons (Fsp3) is 0.412. The van der Waals surface area contributed by atoms with Gasteiger partial charge in [-0.2, -0.15) is 0 Å². The number of hydrogen-bond donors (Lipinski definition) is 1. The Morgan fingerprint density at radius 2 is 2.09 bits per heavy atom. The van der Waals surface area contributed by atoms with Crippen molar-refractivity contribution >= 4 is 17.2 Å². The third kappa shape index (κ3) is 4.31. The van der Waals surface area contributed by atoms with Gasteiger partial charge in [0, 0.05) is 5.38 Å². The number of aryl methyl sites for hydroxylation is 1. The summed E-state index contributed by atoms with van der Waals surface area (Å²) in [7, 11) is 1.65. The number of methoxy groups -OCH3 is 1. The smallest absolute Gasteiger partial charge is 0.271 e. The lowest BCUT2D eigenvalue weighted by molar-refractivity contribution is 0.0929. The molecule has 4 nitrogen and oxygen atoms in total. The number of aromatic nitrogens is 1. The van der Waals surface area contributed by atoms with Crippen LogP contribution in [-0.2, 0) is 0 Å². The van der Waals surface area contributed by atoms with Crippen LogP contribution in [0.3, 0.4) is 0 Å². The first-order valence-corrected chi connectivity index (χ1v) is 8.39. The van der Waals surface area contributed by atoms with E-state index < -0.39 is 0 Å². The largest absolute Gasteiger partial charge is 0.497 e. The summed E-state index contributed by atoms with van der Waals surface area (Å²) in [5.74, 6) is 0.709. The van der Waals surface area contributed by atoms with E-state index in [-0.39, 0.29) is 11.9 Å². The second-order valence-electron chi connectivity index (χ2n) is 5.19. The van der Waals surface area contributed by atoms with Crippen molar-refractivity contribution in [2.24, 2.45) is 0 Å². The molecule has 0 spiro atoms. The van der Waals surface area contributed by atoms with Gasteiger partial charge >= 0.3 is 0 Å². The maximum atomic E-state index is 12.3. The van der Waals surface area contributed by atoms with Crippen molar-refractivity contribution in [1.82, 2.24) is 10.3 Å². The molecule has 5 heteroatoms. The lowest BCUT2D eigenvalue weighted by Gasteiger charge is -2.19. The van der Waals surface area contributed by atoms with E-state index in [1.165, 1.54) is 11.3 Å². The Hall–Kier alpha value is -1.88. The Labute approximate surface area is 135 Å². The minimum absolute atomic E-state index is 0.000335. The highest BCUT2D eigenvalue weighted by Crippen LogP contribution is 2.23. The number of ether oxygens (including phenoxy) is 1. The van der Waals surface area contributed by atoms with Gasteiger partial charge in [0.1, 0.15) is 11.4 Å². The van der Waals surface area contributed by atoms with E-state index >= 15 is 0 Å². The Morgan fingerprint density at radius 1 is 1.36 bits per heavy atom. The van der Waals surface area contributed by atoms with E-state index in [1.54, 1.807) is 12.5 Å². The van der Waals surface area contributed by atoms with E-state index in [1.807, 2.05) is 31.2 Å². The molecule has 1 aromatic heterocycles. The van der Waals surface area contributed by atoms with Gasteiger partial charge in [0.2, 0.25) is 0 Å². The van der Waals surface area contributed by atoms with Gasteiger partial charge in [-0.3, -0.25) is 4.79 Å². The fourth-order valence-electron chi connectivity index (χ4n) is 2.27. The average molecular weight is 318 g/mol. The summed E-state index contributed by atoms with van der Waals surface area (Å²) in [6.45, 7) is 4.05. The van der Waals surface area contributed by atoms with Crippen molar-refractivity contribution in [3.05, 3.63) is 45.9 Å². The molecule has 1 N–H and O–H groups in total. The molecule has 0 radical (unpaired) electrons. The van der Waals surface area contributed by atoms with Crippen LogP contribution in [0.15, 0.2) is 29.6 Å². The number of amides is 1. The number of thiazole rings is 1. The molecule has 0 aliphatic carbocycles. The molecule has 1 heterocycles. The number of carbonyl (C=O) groups is 1. The molecule has 0 aliphatic heterocycles. The molecule has 0 bridgehead atoms. The standard InChI is InChI=1S/C17H22N2O2S/c1-4-5-6-15(13-7-9-14(21-3)10-8-13)19-17(20)16-11-22-12(2)18-16/h7-11,15H,4-6H2,1-3H3,(H,19,20). The number of hydrogen-bond acceptors (Lipinski definition) is 4. The topological polar surface area (TPSA) is 51.2 Å². The Morgan fingerprint density at radius 3 is 2.64 bits per heavy atom. The third-order valence-electron chi connectivity index (χ3n) is 3.52. The molecule has 22 heavy (non-hydrogen) atoms. The zero-order valence-electron chi connectivity index (χ0n) is 13.3. The van der Waals surface area contributed by atoms with Crippen LogP contribution in [0.1, 0.15) is 53.3 Å². The number of unbranched alkanes of at least 4 members (excludes halogenated alkanes) is 1. The molecule has 0 saturated carbocycles. The number of nitrogens with one attached hydrogen (secondary N) is 1. The molecule has 1 aromatic carbocycles. The van der Waals surface area contributed by atoms with Gasteiger partial charge in [-0.1, -0.05) is 31.9 Å². The van der Waals surface area contributed by atoms with Gasteiger partial charge in [-0.15, -0.1) is 11.3 Å². The maximum absolute atomic E-state index is 12.3. The van der Waals surface area contributed by atoms with E-state index in [0.717, 1.165) is 35.6 Å². The van der Waals surface area contributed by atoms with Gasteiger partial charge in [0.05, 0.1) is 18.2 Å². The number of nitrogens with zero attached hydrogens (tertiary/aromatic N) is 1. The summed E-state index contributed by atoms with van der Waals surface area (Å²) < 4.78 is 5.19. The lowest BCUT2D eigenvalue weighted by Crippen LogP contribution is -2.28. The summed E-state index contributed by atoms with van der Waals surface area (Å²) in [5.41, 5.74) is 1.59. The van der Waals surface area contributed by atoms with Crippen LogP contribution in [0.5, 0.6) is 5.75 Å². The van der Waals surface area contributed by atoms with Crippen molar-refractivity contribution in [3.63, 3.8) is 0 Å². The second kappa shape index (κ2) is 7.94. The van der Waals surface area contributed by atoms with E-state index in [9.17, 15) is 4.79 Å². The lowest BCUT2D eigenvalue weighted by atomic mass is 10.0. The predicted octanol–water partition coefficient (Wildman–Crippen LogP) is 4.12. The molecule has 1 amide bonds. The number of carbonyl (C=O) groups excluding carboxylic acids is 1. The van der Waals surface area contributed by atoms with Crippen molar-refractivity contribution < 1.29 is 9.53 Å². The molecule has 2 rings (SSSR count). The zero-order chi connectivity index (χ0) is 15.9. The zero-order valence-corrected chi connectivity index (χ0v) is 14.1. The summed E-state index contributed by atoms with van der Waals surface area (Å²) in [6, 6.07) is 7.86. The Bertz CT molecular complexity index is 607. The third-order valence-corrected chi connectivity index (χ3v) is 4.30. The highest BCUT2D eigenvalue weighted by Gasteiger charge is 2.17. The van der Waals surface area contributed by atoms with Gasteiger partial charge in [-0.05, 0) is 31.0 Å². The van der Waals surface area contributed by atoms with Crippen LogP contribution >= 0.6 is 11.3 Å². The van der Waals surface area contributed by atoms with Gasteiger partial charge in [0.25, 0.3) is 5.91 Å². The van der Waals surface area contributed by atoms with Crippen LogP contribution in [0.2, 0.25) is 0 Å². The van der Waals surface area contributed by atoms with Crippen molar-refractivity contribution in [1.29, 1.82) is 0 Å². The molecule has 0 saturated heterocycles. The van der Waals surface area contributed by atoms with E-state index in [4.69, 9.17) is 4.74 Å². The minimum atomic E-state index is -0.110. The first-order chi connectivity index (χ1) is 10.6. The molecule has 2 aromatic rings. The average Bonchev–Trinajstić information content (AvgIpc) is 2.98. The molecule has 0 aliphatic rings. The van der Waals surface area contributed by atoms with Gasteiger partial charge in [0.15, 0.2) is 0 Å². The van der Waals surface area contributed by atoms with Crippen molar-refractivity contribution in [3.8, 4) is 5.75 Å². The summed E-state index contributed by atoms with van der Waals surface area (Å²) >= 11 is 1.49. The first kappa shape index (κ1) is 16.5. The molecule has 118 valence electrons. The highest BCUT2D eigenvalue weighted by molar-refractivity contribution is 7.09. The van der Waals surface area contributed by atoms with Crippen LogP contribution < -0.4 is 10.1 Å². The predicted molar refractivity (Wildman–Crippen MR) is 89.6 cm³/mol. The van der Waals surface area contributed by atoms with E-state index in [0.29, 0.717) is 5.69 Å². The second-order valence-corrected chi connectivity index (χ2v) is 6.26. The van der Waals surface area contributed by atoms with E-state index in [2.05, 4.69) is 17.2 Å². The van der Waals surface area contributed by atoms with Crippen molar-refractivity contribution in [2.45, 2.75) is 39.2 Å². The highest BCUT2D eigenvalue weighted by atomic mass is 32.1. The quantitative estimate of drug-likeness (QED) is 0.835. The van der Waals surface area contributed by atoms with Crippen LogP contribution in [-0.4, -0.2) is 18.0 Å². The van der Waals surface area contributed by atoms with Crippen molar-refractivity contribution in [2.75, 3.05) is 7.11 Å². The van der Waals surface area contributed by atoms with Gasteiger partial charge < -0.3 is 10.1 Å². The molecular weight excluding hydrogens is 296 g/mol. The Kier molecular flexibility index (Phi) is 5.95. The normalized spacial score (nSPS) is 12.0. The van der Waals surface area contributed by atoms with Crippen LogP contribution in [0, 0.1) is 6.92 Å². The van der Waals surface area contributed by atoms with Crippen LogP contribution in [0.25, 0.3) is 0 Å². The molecular formula is C17H22N2O2S. The summed E-state index contributed by atoms with van der Waals surface area (Å²) in [6.07, 6.45) is 3.07. The number of benzene rings is 1.